The fourth-order valence-electron chi connectivity index (χ4n) is 2.11. The number of hydrogen-bond acceptors (Lipinski definition) is 5. The highest BCUT2D eigenvalue weighted by molar-refractivity contribution is 7.98. The van der Waals surface area contributed by atoms with E-state index in [-0.39, 0.29) is 0 Å². The minimum atomic E-state index is 0.665. The summed E-state index contributed by atoms with van der Waals surface area (Å²) in [5.41, 5.74) is 5.21. The quantitative estimate of drug-likeness (QED) is 0.689. The lowest BCUT2D eigenvalue weighted by atomic mass is 10.1. The van der Waals surface area contributed by atoms with Crippen LogP contribution in [-0.2, 0) is 5.75 Å². The molecule has 0 fully saturated rings. The molecule has 0 saturated carbocycles. The molecule has 3 rings (SSSR count). The predicted molar refractivity (Wildman–Crippen MR) is 89.3 cm³/mol. The van der Waals surface area contributed by atoms with Crippen LogP contribution in [0.1, 0.15) is 22.3 Å². The highest BCUT2D eigenvalue weighted by atomic mass is 32.2. The maximum Gasteiger partial charge on any atom is 0.214 e. The summed E-state index contributed by atoms with van der Waals surface area (Å²) in [5.74, 6) is 0.747. The molecule has 0 bridgehead atoms. The van der Waals surface area contributed by atoms with Gasteiger partial charge in [-0.1, -0.05) is 30.0 Å². The van der Waals surface area contributed by atoms with Crippen LogP contribution < -0.4 is 0 Å². The summed E-state index contributed by atoms with van der Waals surface area (Å²) in [6.45, 7) is 4.16. The molecule has 0 saturated heterocycles. The van der Waals surface area contributed by atoms with Crippen molar-refractivity contribution in [2.45, 2.75) is 24.8 Å². The summed E-state index contributed by atoms with van der Waals surface area (Å²) in [4.78, 5) is 0. The molecule has 5 nitrogen and oxygen atoms in total. The average molecular weight is 321 g/mol. The number of nitrogens with zero attached hydrogens (tertiary/aromatic N) is 5. The maximum absolute atomic E-state index is 8.83. The molecule has 0 radical (unpaired) electrons. The van der Waals surface area contributed by atoms with Crippen LogP contribution in [0.15, 0.2) is 47.6 Å². The molecule has 0 spiro atoms. The molecule has 23 heavy (non-hydrogen) atoms. The molecule has 0 atom stereocenters. The van der Waals surface area contributed by atoms with Crippen LogP contribution in [0.5, 0.6) is 0 Å². The van der Waals surface area contributed by atoms with Crippen LogP contribution >= 0.6 is 11.8 Å². The van der Waals surface area contributed by atoms with E-state index in [4.69, 9.17) is 5.26 Å². The van der Waals surface area contributed by atoms with E-state index in [9.17, 15) is 0 Å². The molecule has 0 aliphatic heterocycles. The Morgan fingerprint density at radius 3 is 2.57 bits per heavy atom. The number of aryl methyl sites for hydroxylation is 2. The second-order valence-corrected chi connectivity index (χ2v) is 6.18. The summed E-state index contributed by atoms with van der Waals surface area (Å²) < 4.78 is 1.75. The largest absolute Gasteiger partial charge is 0.214 e. The van der Waals surface area contributed by atoms with Gasteiger partial charge in [-0.3, -0.25) is 0 Å². The number of hydrogen-bond donors (Lipinski definition) is 0. The van der Waals surface area contributed by atoms with Gasteiger partial charge in [-0.05, 0) is 65.2 Å². The monoisotopic (exact) mass is 321 g/mol. The topological polar surface area (TPSA) is 67.4 Å². The number of thioether (sulfide) groups is 1. The fourth-order valence-corrected chi connectivity index (χ4v) is 2.96. The van der Waals surface area contributed by atoms with Gasteiger partial charge in [-0.2, -0.15) is 9.94 Å². The molecule has 6 heteroatoms. The Kier molecular flexibility index (Phi) is 4.40. The van der Waals surface area contributed by atoms with Crippen LogP contribution in [0, 0.1) is 25.2 Å². The molecule has 0 unspecified atom stereocenters. The third-order valence-electron chi connectivity index (χ3n) is 3.63. The molecule has 0 amide bonds. The van der Waals surface area contributed by atoms with E-state index in [0.717, 1.165) is 22.2 Å². The van der Waals surface area contributed by atoms with Crippen LogP contribution in [0.4, 0.5) is 0 Å². The zero-order valence-corrected chi connectivity index (χ0v) is 13.7. The van der Waals surface area contributed by atoms with Crippen LogP contribution in [0.25, 0.3) is 5.69 Å². The third-order valence-corrected chi connectivity index (χ3v) is 4.62. The summed E-state index contributed by atoms with van der Waals surface area (Å²) >= 11 is 1.57. The predicted octanol–water partition coefficient (Wildman–Crippen LogP) is 3.44. The van der Waals surface area contributed by atoms with Crippen molar-refractivity contribution in [3.63, 3.8) is 0 Å². The molecule has 2 aromatic carbocycles. The Bertz CT molecular complexity index is 861. The van der Waals surface area contributed by atoms with Gasteiger partial charge in [0, 0.05) is 5.75 Å². The molecule has 0 aliphatic carbocycles. The minimum Gasteiger partial charge on any atom is -0.192 e. The second kappa shape index (κ2) is 6.63. The van der Waals surface area contributed by atoms with Gasteiger partial charge in [0.15, 0.2) is 0 Å². The summed E-state index contributed by atoms with van der Waals surface area (Å²) in [6, 6.07) is 15.8. The van der Waals surface area contributed by atoms with Gasteiger partial charge in [0.25, 0.3) is 0 Å². The Morgan fingerprint density at radius 1 is 1.09 bits per heavy atom. The van der Waals surface area contributed by atoms with E-state index in [0.29, 0.717) is 5.56 Å². The van der Waals surface area contributed by atoms with Crippen molar-refractivity contribution in [2.75, 3.05) is 0 Å². The van der Waals surface area contributed by atoms with E-state index < -0.39 is 0 Å². The van der Waals surface area contributed by atoms with E-state index >= 15 is 0 Å². The Labute approximate surface area is 139 Å². The van der Waals surface area contributed by atoms with Gasteiger partial charge in [0.2, 0.25) is 5.16 Å². The van der Waals surface area contributed by atoms with Crippen LogP contribution in [-0.4, -0.2) is 20.2 Å². The molecule has 1 heterocycles. The van der Waals surface area contributed by atoms with Gasteiger partial charge in [0.1, 0.15) is 0 Å². The summed E-state index contributed by atoms with van der Waals surface area (Å²) in [7, 11) is 0. The Hall–Kier alpha value is -2.65. The lowest BCUT2D eigenvalue weighted by molar-refractivity contribution is 0.755. The summed E-state index contributed by atoms with van der Waals surface area (Å²) in [6.07, 6.45) is 0. The van der Waals surface area contributed by atoms with Crippen molar-refractivity contribution in [3.05, 3.63) is 64.7 Å². The smallest absolute Gasteiger partial charge is 0.192 e. The molecule has 3 aromatic rings. The third kappa shape index (κ3) is 3.41. The normalized spacial score (nSPS) is 10.5. The number of aromatic nitrogens is 4. The molecule has 0 aliphatic rings. The lowest BCUT2D eigenvalue weighted by Crippen LogP contribution is -2.00. The number of rotatable bonds is 4. The van der Waals surface area contributed by atoms with Crippen molar-refractivity contribution >= 4 is 11.8 Å². The van der Waals surface area contributed by atoms with E-state index in [1.54, 1.807) is 16.4 Å². The molecule has 1 aromatic heterocycles. The minimum absolute atomic E-state index is 0.665. The second-order valence-electron chi connectivity index (χ2n) is 5.24. The van der Waals surface area contributed by atoms with Crippen molar-refractivity contribution in [3.8, 4) is 11.8 Å². The fraction of sp³-hybridized carbons (Fsp3) is 0.176. The van der Waals surface area contributed by atoms with Gasteiger partial charge >= 0.3 is 0 Å². The van der Waals surface area contributed by atoms with Crippen LogP contribution in [0.2, 0.25) is 0 Å². The molecular formula is C17H15N5S. The van der Waals surface area contributed by atoms with Crippen molar-refractivity contribution in [2.24, 2.45) is 0 Å². The molecule has 114 valence electrons. The Balaban J connectivity index is 1.78. The zero-order valence-electron chi connectivity index (χ0n) is 12.9. The first kappa shape index (κ1) is 15.3. The SMILES string of the molecule is Cc1ccc(-n2nnnc2SCc2ccc(C#N)cc2)cc1C. The maximum atomic E-state index is 8.83. The number of tetrazole rings is 1. The van der Waals surface area contributed by atoms with Crippen molar-refractivity contribution < 1.29 is 0 Å². The lowest BCUT2D eigenvalue weighted by Gasteiger charge is -2.07. The van der Waals surface area contributed by atoms with Gasteiger partial charge in [-0.15, -0.1) is 5.10 Å². The van der Waals surface area contributed by atoms with E-state index in [1.165, 1.54) is 11.1 Å². The standard InChI is InChI=1S/C17H15N5S/c1-12-3-8-16(9-13(12)2)22-17(19-20-21-22)23-11-15-6-4-14(10-18)5-7-15/h3-9H,11H2,1-2H3. The highest BCUT2D eigenvalue weighted by Crippen LogP contribution is 2.23. The van der Waals surface area contributed by atoms with Crippen LogP contribution in [0.3, 0.4) is 0 Å². The van der Waals surface area contributed by atoms with E-state index in [1.807, 2.05) is 30.3 Å². The molecule has 0 N–H and O–H groups in total. The van der Waals surface area contributed by atoms with Gasteiger partial charge < -0.3 is 0 Å². The highest BCUT2D eigenvalue weighted by Gasteiger charge is 2.10. The summed E-state index contributed by atoms with van der Waals surface area (Å²) in [5, 5.41) is 21.6. The van der Waals surface area contributed by atoms with Gasteiger partial charge in [-0.25, -0.2) is 0 Å². The number of benzene rings is 2. The van der Waals surface area contributed by atoms with E-state index in [2.05, 4.69) is 47.6 Å². The Morgan fingerprint density at radius 2 is 1.87 bits per heavy atom. The molecular weight excluding hydrogens is 306 g/mol. The first-order valence-corrected chi connectivity index (χ1v) is 8.14. The van der Waals surface area contributed by atoms with Gasteiger partial charge in [0.05, 0.1) is 17.3 Å². The average Bonchev–Trinajstić information content (AvgIpc) is 3.04. The van der Waals surface area contributed by atoms with Crippen molar-refractivity contribution in [1.82, 2.24) is 20.2 Å². The zero-order chi connectivity index (χ0) is 16.2. The first-order valence-electron chi connectivity index (χ1n) is 7.15. The van der Waals surface area contributed by atoms with Crippen molar-refractivity contribution in [1.29, 1.82) is 5.26 Å². The number of nitriles is 1. The first-order chi connectivity index (χ1) is 11.2.